The Morgan fingerprint density at radius 1 is 1.48 bits per heavy atom. The van der Waals surface area contributed by atoms with Crippen LogP contribution in [0.1, 0.15) is 37.4 Å². The molecule has 6 heteroatoms. The van der Waals surface area contributed by atoms with Crippen molar-refractivity contribution >= 4 is 17.3 Å². The maximum atomic E-state index is 4.79. The van der Waals surface area contributed by atoms with Crippen molar-refractivity contribution in [2.45, 2.75) is 40.2 Å². The van der Waals surface area contributed by atoms with Crippen molar-refractivity contribution in [3.8, 4) is 0 Å². The number of aryl methyl sites for hydroxylation is 1. The van der Waals surface area contributed by atoms with Crippen LogP contribution in [0.4, 0.5) is 0 Å². The van der Waals surface area contributed by atoms with E-state index < -0.39 is 0 Å². The third-order valence-electron chi connectivity index (χ3n) is 4.32. The van der Waals surface area contributed by atoms with E-state index in [-0.39, 0.29) is 0 Å². The Labute approximate surface area is 144 Å². The lowest BCUT2D eigenvalue weighted by atomic mass is 9.99. The second-order valence-electron chi connectivity index (χ2n) is 6.47. The quantitative estimate of drug-likeness (QED) is 0.640. The molecule has 0 saturated carbocycles. The van der Waals surface area contributed by atoms with Gasteiger partial charge in [-0.3, -0.25) is 4.99 Å². The van der Waals surface area contributed by atoms with Gasteiger partial charge < -0.3 is 15.1 Å². The van der Waals surface area contributed by atoms with Crippen molar-refractivity contribution < 1.29 is 0 Å². The fourth-order valence-electron chi connectivity index (χ4n) is 2.85. The summed E-state index contributed by atoms with van der Waals surface area (Å²) < 4.78 is 0. The molecule has 1 aromatic heterocycles. The van der Waals surface area contributed by atoms with Crippen LogP contribution in [0.25, 0.3) is 0 Å². The number of aliphatic imine (C=N–C) groups is 1. The topological polar surface area (TPSA) is 43.8 Å². The number of piperidine rings is 1. The largest absolute Gasteiger partial charge is 0.357 e. The summed E-state index contributed by atoms with van der Waals surface area (Å²) in [4.78, 5) is 14.0. The third kappa shape index (κ3) is 6.11. The van der Waals surface area contributed by atoms with Gasteiger partial charge in [-0.1, -0.05) is 6.92 Å². The summed E-state index contributed by atoms with van der Waals surface area (Å²) in [6.45, 7) is 12.6. The Morgan fingerprint density at radius 3 is 2.83 bits per heavy atom. The van der Waals surface area contributed by atoms with E-state index in [9.17, 15) is 0 Å². The van der Waals surface area contributed by atoms with E-state index in [1.165, 1.54) is 25.9 Å². The van der Waals surface area contributed by atoms with Crippen molar-refractivity contribution in [2.24, 2.45) is 10.9 Å². The molecule has 1 fully saturated rings. The lowest BCUT2D eigenvalue weighted by Crippen LogP contribution is -2.40. The molecule has 0 aromatic carbocycles. The molecule has 1 aliphatic rings. The Morgan fingerprint density at radius 2 is 2.22 bits per heavy atom. The molecular formula is C17H31N5S. The molecule has 0 aliphatic carbocycles. The highest BCUT2D eigenvalue weighted by Gasteiger charge is 2.15. The predicted octanol–water partition coefficient (Wildman–Crippen LogP) is 2.58. The average Bonchev–Trinajstić information content (AvgIpc) is 2.93. The first-order chi connectivity index (χ1) is 11.1. The number of nitrogens with zero attached hydrogens (tertiary/aromatic N) is 4. The van der Waals surface area contributed by atoms with E-state index in [0.29, 0.717) is 0 Å². The predicted molar refractivity (Wildman–Crippen MR) is 99.1 cm³/mol. The second kappa shape index (κ2) is 9.23. The molecule has 5 nitrogen and oxygen atoms in total. The monoisotopic (exact) mass is 337 g/mol. The molecule has 0 bridgehead atoms. The highest BCUT2D eigenvalue weighted by molar-refractivity contribution is 7.09. The van der Waals surface area contributed by atoms with Crippen molar-refractivity contribution in [1.82, 2.24) is 20.1 Å². The Hall–Kier alpha value is -1.14. The smallest absolute Gasteiger partial charge is 0.194 e. The maximum Gasteiger partial charge on any atom is 0.194 e. The van der Waals surface area contributed by atoms with Gasteiger partial charge in [0.25, 0.3) is 0 Å². The Balaban J connectivity index is 1.83. The van der Waals surface area contributed by atoms with Crippen molar-refractivity contribution in [3.63, 3.8) is 0 Å². The number of aromatic nitrogens is 1. The van der Waals surface area contributed by atoms with Crippen LogP contribution in [-0.4, -0.2) is 60.5 Å². The summed E-state index contributed by atoms with van der Waals surface area (Å²) in [5.41, 5.74) is 1.12. The van der Waals surface area contributed by atoms with Crippen molar-refractivity contribution in [3.05, 3.63) is 16.1 Å². The highest BCUT2D eigenvalue weighted by atomic mass is 32.1. The number of likely N-dealkylation sites (tertiary alicyclic amines) is 1. The van der Waals surface area contributed by atoms with E-state index in [2.05, 4.69) is 46.4 Å². The second-order valence-corrected chi connectivity index (χ2v) is 7.54. The van der Waals surface area contributed by atoms with Gasteiger partial charge >= 0.3 is 0 Å². The van der Waals surface area contributed by atoms with E-state index in [1.54, 1.807) is 11.3 Å². The number of rotatable bonds is 6. The fraction of sp³-hybridized carbons (Fsp3) is 0.765. The molecule has 1 saturated heterocycles. The number of thiazole rings is 1. The van der Waals surface area contributed by atoms with E-state index in [1.807, 2.05) is 6.92 Å². The highest BCUT2D eigenvalue weighted by Crippen LogP contribution is 2.15. The fourth-order valence-corrected chi connectivity index (χ4v) is 3.46. The summed E-state index contributed by atoms with van der Waals surface area (Å²) in [5.74, 6) is 1.86. The van der Waals surface area contributed by atoms with Gasteiger partial charge in [0.05, 0.1) is 23.8 Å². The van der Waals surface area contributed by atoms with Crippen LogP contribution in [0, 0.1) is 12.8 Å². The SMILES string of the molecule is CCNC(=NCCN1CCC(C)CC1)N(C)Cc1csc(C)n1. The average molecular weight is 338 g/mol. The molecule has 130 valence electrons. The van der Waals surface area contributed by atoms with E-state index >= 15 is 0 Å². The summed E-state index contributed by atoms with van der Waals surface area (Å²) in [6, 6.07) is 0. The summed E-state index contributed by atoms with van der Waals surface area (Å²) in [7, 11) is 2.08. The molecule has 1 N–H and O–H groups in total. The molecular weight excluding hydrogens is 306 g/mol. The van der Waals surface area contributed by atoms with Gasteiger partial charge in [-0.15, -0.1) is 11.3 Å². The van der Waals surface area contributed by atoms with Crippen LogP contribution in [0.3, 0.4) is 0 Å². The molecule has 2 rings (SSSR count). The molecule has 0 atom stereocenters. The summed E-state index contributed by atoms with van der Waals surface area (Å²) in [5, 5.41) is 6.64. The van der Waals surface area contributed by atoms with Gasteiger partial charge in [0.2, 0.25) is 0 Å². The van der Waals surface area contributed by atoms with Gasteiger partial charge in [0, 0.05) is 25.5 Å². The van der Waals surface area contributed by atoms with Crippen LogP contribution in [-0.2, 0) is 6.54 Å². The van der Waals surface area contributed by atoms with Gasteiger partial charge in [0.1, 0.15) is 0 Å². The normalized spacial score (nSPS) is 17.5. The first-order valence-electron chi connectivity index (χ1n) is 8.71. The molecule has 2 heterocycles. The molecule has 1 aliphatic heterocycles. The number of hydrogen-bond acceptors (Lipinski definition) is 4. The van der Waals surface area contributed by atoms with Crippen molar-refractivity contribution in [1.29, 1.82) is 0 Å². The molecule has 0 radical (unpaired) electrons. The van der Waals surface area contributed by atoms with Gasteiger partial charge in [-0.05, 0) is 45.7 Å². The molecule has 0 amide bonds. The first-order valence-corrected chi connectivity index (χ1v) is 9.59. The van der Waals surface area contributed by atoms with E-state index in [0.717, 1.165) is 48.8 Å². The molecule has 0 spiro atoms. The Bertz CT molecular complexity index is 491. The van der Waals surface area contributed by atoms with Crippen molar-refractivity contribution in [2.75, 3.05) is 39.8 Å². The van der Waals surface area contributed by atoms with E-state index in [4.69, 9.17) is 4.99 Å². The zero-order chi connectivity index (χ0) is 16.7. The molecule has 1 aromatic rings. The maximum absolute atomic E-state index is 4.79. The number of guanidine groups is 1. The Kier molecular flexibility index (Phi) is 7.30. The van der Waals surface area contributed by atoms with Gasteiger partial charge in [-0.25, -0.2) is 4.98 Å². The van der Waals surface area contributed by atoms with Gasteiger partial charge in [-0.2, -0.15) is 0 Å². The van der Waals surface area contributed by atoms with Crippen LogP contribution in [0.15, 0.2) is 10.4 Å². The zero-order valence-electron chi connectivity index (χ0n) is 15.0. The van der Waals surface area contributed by atoms with Crippen LogP contribution < -0.4 is 5.32 Å². The molecule has 23 heavy (non-hydrogen) atoms. The zero-order valence-corrected chi connectivity index (χ0v) is 15.8. The van der Waals surface area contributed by atoms with Crippen LogP contribution >= 0.6 is 11.3 Å². The minimum absolute atomic E-state index is 0.803. The molecule has 0 unspecified atom stereocenters. The minimum Gasteiger partial charge on any atom is -0.357 e. The number of nitrogens with one attached hydrogen (secondary N) is 1. The lowest BCUT2D eigenvalue weighted by molar-refractivity contribution is 0.197. The third-order valence-corrected chi connectivity index (χ3v) is 5.14. The number of hydrogen-bond donors (Lipinski definition) is 1. The standard InChI is InChI=1S/C17H31N5S/c1-5-18-17(21(4)12-16-13-23-15(3)20-16)19-8-11-22-9-6-14(2)7-10-22/h13-14H,5-12H2,1-4H3,(H,18,19). The lowest BCUT2D eigenvalue weighted by Gasteiger charge is -2.29. The minimum atomic E-state index is 0.803. The van der Waals surface area contributed by atoms with Crippen LogP contribution in [0.5, 0.6) is 0 Å². The summed E-state index contributed by atoms with van der Waals surface area (Å²) in [6.07, 6.45) is 2.65. The van der Waals surface area contributed by atoms with Crippen LogP contribution in [0.2, 0.25) is 0 Å². The first kappa shape index (κ1) is 18.2. The van der Waals surface area contributed by atoms with Gasteiger partial charge in [0.15, 0.2) is 5.96 Å². The summed E-state index contributed by atoms with van der Waals surface area (Å²) >= 11 is 1.70.